The number of ether oxygens (including phenoxy) is 1. The Morgan fingerprint density at radius 1 is 1.14 bits per heavy atom. The molecule has 0 N–H and O–H groups in total. The van der Waals surface area contributed by atoms with E-state index in [1.807, 2.05) is 18.2 Å². The minimum atomic E-state index is -0.505. The van der Waals surface area contributed by atoms with Gasteiger partial charge in [-0.2, -0.15) is 14.6 Å². The molecule has 0 aliphatic rings. The van der Waals surface area contributed by atoms with Gasteiger partial charge in [-0.25, -0.2) is 4.39 Å². The molecule has 0 radical (unpaired) electrons. The van der Waals surface area contributed by atoms with E-state index in [0.29, 0.717) is 15.8 Å². The first-order valence-electron chi connectivity index (χ1n) is 8.37. The molecule has 4 rings (SSSR count). The van der Waals surface area contributed by atoms with Crippen molar-refractivity contribution in [3.8, 4) is 5.75 Å². The van der Waals surface area contributed by atoms with Crippen LogP contribution in [-0.4, -0.2) is 21.7 Å². The van der Waals surface area contributed by atoms with Gasteiger partial charge in [0, 0.05) is 12.0 Å². The van der Waals surface area contributed by atoms with Crippen LogP contribution in [0.1, 0.15) is 16.8 Å². The fourth-order valence-electron chi connectivity index (χ4n) is 2.77. The van der Waals surface area contributed by atoms with Gasteiger partial charge < -0.3 is 4.74 Å². The molecule has 8 heteroatoms. The lowest BCUT2D eigenvalue weighted by Gasteiger charge is -2.02. The fourth-order valence-corrected chi connectivity index (χ4v) is 3.67. The number of rotatable bonds is 4. The molecule has 2 aromatic heterocycles. The highest BCUT2D eigenvalue weighted by Gasteiger charge is 2.12. The smallest absolute Gasteiger partial charge is 0.296 e. The molecule has 0 atom stereocenters. The summed E-state index contributed by atoms with van der Waals surface area (Å²) >= 11 is 1.09. The van der Waals surface area contributed by atoms with E-state index in [1.54, 1.807) is 31.4 Å². The normalized spacial score (nSPS) is 11.9. The Morgan fingerprint density at radius 3 is 2.64 bits per heavy atom. The predicted octanol–water partition coefficient (Wildman–Crippen LogP) is 1.80. The van der Waals surface area contributed by atoms with Crippen molar-refractivity contribution >= 4 is 22.4 Å². The Kier molecular flexibility index (Phi) is 4.70. The van der Waals surface area contributed by atoms with Crippen LogP contribution in [0.5, 0.6) is 5.75 Å². The van der Waals surface area contributed by atoms with Crippen molar-refractivity contribution < 1.29 is 9.13 Å². The van der Waals surface area contributed by atoms with Crippen molar-refractivity contribution in [1.29, 1.82) is 0 Å². The molecule has 2 aromatic carbocycles. The third-order valence-electron chi connectivity index (χ3n) is 4.16. The van der Waals surface area contributed by atoms with E-state index in [4.69, 9.17) is 4.74 Å². The number of methoxy groups -OCH3 is 1. The van der Waals surface area contributed by atoms with Crippen LogP contribution in [-0.2, 0) is 6.42 Å². The number of aromatic nitrogens is 3. The Hall–Kier alpha value is -3.39. The Morgan fingerprint density at radius 2 is 1.89 bits per heavy atom. The molecule has 2 heterocycles. The number of para-hydroxylation sites is 1. The molecule has 0 amide bonds. The van der Waals surface area contributed by atoms with Gasteiger partial charge in [-0.15, -0.1) is 0 Å². The molecular formula is C20H14FN3O3S. The maximum absolute atomic E-state index is 13.1. The van der Waals surface area contributed by atoms with Crippen LogP contribution in [0, 0.1) is 5.82 Å². The fraction of sp³-hybridized carbons (Fsp3) is 0.100. The lowest BCUT2D eigenvalue weighted by Crippen LogP contribution is -2.28. The second kappa shape index (κ2) is 7.32. The molecule has 6 nitrogen and oxygen atoms in total. The number of fused-ring (bicyclic) bond motifs is 1. The molecule has 28 heavy (non-hydrogen) atoms. The van der Waals surface area contributed by atoms with Crippen molar-refractivity contribution in [1.82, 2.24) is 14.6 Å². The van der Waals surface area contributed by atoms with Gasteiger partial charge in [-0.1, -0.05) is 41.7 Å². The molecule has 0 fully saturated rings. The van der Waals surface area contributed by atoms with Gasteiger partial charge in [0.15, 0.2) is 0 Å². The molecule has 0 aliphatic heterocycles. The average molecular weight is 395 g/mol. The third-order valence-corrected chi connectivity index (χ3v) is 5.12. The standard InChI is InChI=1S/C20H14FN3O3S/c1-27-16-5-3-2-4-13(16)11-17-19(26)24-20(28-17)22-18(25)15(23-24)10-12-6-8-14(21)9-7-12/h2-9,11H,10H2,1H3/b17-11-. The number of hydrogen-bond donors (Lipinski definition) is 0. The summed E-state index contributed by atoms with van der Waals surface area (Å²) in [5, 5.41) is 4.19. The van der Waals surface area contributed by atoms with Gasteiger partial charge in [0.05, 0.1) is 11.6 Å². The Labute approximate surface area is 162 Å². The summed E-state index contributed by atoms with van der Waals surface area (Å²) in [4.78, 5) is 29.3. The second-order valence-electron chi connectivity index (χ2n) is 6.02. The first-order chi connectivity index (χ1) is 13.5. The summed E-state index contributed by atoms with van der Waals surface area (Å²) in [6.07, 6.45) is 1.85. The zero-order valence-corrected chi connectivity index (χ0v) is 15.6. The van der Waals surface area contributed by atoms with Gasteiger partial charge in [-0.05, 0) is 29.8 Å². The van der Waals surface area contributed by atoms with Crippen LogP contribution in [0.2, 0.25) is 0 Å². The van der Waals surface area contributed by atoms with E-state index < -0.39 is 5.56 Å². The number of thiazole rings is 1. The number of hydrogen-bond acceptors (Lipinski definition) is 6. The number of halogens is 1. The third kappa shape index (κ3) is 3.41. The van der Waals surface area contributed by atoms with Crippen molar-refractivity contribution in [3.63, 3.8) is 0 Å². The van der Waals surface area contributed by atoms with E-state index in [2.05, 4.69) is 10.1 Å². The van der Waals surface area contributed by atoms with Crippen molar-refractivity contribution in [2.75, 3.05) is 7.11 Å². The second-order valence-corrected chi connectivity index (χ2v) is 7.03. The average Bonchev–Trinajstić information content (AvgIpc) is 2.99. The number of nitrogens with zero attached hydrogens (tertiary/aromatic N) is 3. The quantitative estimate of drug-likeness (QED) is 0.527. The lowest BCUT2D eigenvalue weighted by atomic mass is 10.1. The number of benzene rings is 2. The molecule has 0 unspecified atom stereocenters. The van der Waals surface area contributed by atoms with Gasteiger partial charge in [0.2, 0.25) is 4.96 Å². The first kappa shape index (κ1) is 18.0. The molecule has 0 spiro atoms. The van der Waals surface area contributed by atoms with E-state index in [1.165, 1.54) is 12.1 Å². The highest BCUT2D eigenvalue weighted by molar-refractivity contribution is 7.15. The van der Waals surface area contributed by atoms with Crippen LogP contribution in [0.3, 0.4) is 0 Å². The maximum Gasteiger partial charge on any atom is 0.296 e. The monoisotopic (exact) mass is 395 g/mol. The highest BCUT2D eigenvalue weighted by Crippen LogP contribution is 2.17. The topological polar surface area (TPSA) is 73.6 Å². The van der Waals surface area contributed by atoms with E-state index in [0.717, 1.165) is 21.4 Å². The van der Waals surface area contributed by atoms with Crippen LogP contribution in [0.25, 0.3) is 11.0 Å². The van der Waals surface area contributed by atoms with Gasteiger partial charge >= 0.3 is 0 Å². The minimum Gasteiger partial charge on any atom is -0.496 e. The lowest BCUT2D eigenvalue weighted by molar-refractivity contribution is 0.414. The molecule has 0 saturated heterocycles. The van der Waals surface area contributed by atoms with Crippen molar-refractivity contribution in [2.24, 2.45) is 0 Å². The largest absolute Gasteiger partial charge is 0.496 e. The maximum atomic E-state index is 13.1. The highest BCUT2D eigenvalue weighted by atomic mass is 32.1. The SMILES string of the molecule is COc1ccccc1/C=c1\sc2nc(=O)c(Cc3ccc(F)cc3)nn2c1=O. The van der Waals surface area contributed by atoms with Gasteiger partial charge in [0.1, 0.15) is 17.3 Å². The Balaban J connectivity index is 1.81. The summed E-state index contributed by atoms with van der Waals surface area (Å²) in [5.41, 5.74) is 0.704. The first-order valence-corrected chi connectivity index (χ1v) is 9.19. The van der Waals surface area contributed by atoms with Crippen LogP contribution in [0.4, 0.5) is 4.39 Å². The predicted molar refractivity (Wildman–Crippen MR) is 104 cm³/mol. The van der Waals surface area contributed by atoms with Crippen molar-refractivity contribution in [3.05, 3.63) is 96.4 Å². The molecule has 4 aromatic rings. The Bertz CT molecular complexity index is 1330. The van der Waals surface area contributed by atoms with E-state index in [-0.39, 0.29) is 28.5 Å². The molecular weight excluding hydrogens is 381 g/mol. The zero-order chi connectivity index (χ0) is 19.7. The molecule has 0 saturated carbocycles. The van der Waals surface area contributed by atoms with Gasteiger partial charge in [-0.3, -0.25) is 9.59 Å². The van der Waals surface area contributed by atoms with E-state index >= 15 is 0 Å². The van der Waals surface area contributed by atoms with E-state index in [9.17, 15) is 14.0 Å². The summed E-state index contributed by atoms with van der Waals surface area (Å²) in [6, 6.07) is 13.0. The molecule has 0 bridgehead atoms. The molecule has 140 valence electrons. The molecule has 0 aliphatic carbocycles. The van der Waals surface area contributed by atoms with Gasteiger partial charge in [0.25, 0.3) is 11.1 Å². The van der Waals surface area contributed by atoms with Crippen LogP contribution in [0.15, 0.2) is 58.1 Å². The summed E-state index contributed by atoms with van der Waals surface area (Å²) < 4.78 is 19.9. The zero-order valence-electron chi connectivity index (χ0n) is 14.8. The summed E-state index contributed by atoms with van der Waals surface area (Å²) in [6.45, 7) is 0. The van der Waals surface area contributed by atoms with Crippen LogP contribution < -0.4 is 20.4 Å². The van der Waals surface area contributed by atoms with Crippen molar-refractivity contribution in [2.45, 2.75) is 6.42 Å². The van der Waals surface area contributed by atoms with Crippen LogP contribution >= 0.6 is 11.3 Å². The summed E-state index contributed by atoms with van der Waals surface area (Å²) in [5.74, 6) is 0.269. The summed E-state index contributed by atoms with van der Waals surface area (Å²) in [7, 11) is 1.55. The minimum absolute atomic E-state index is 0.128.